The van der Waals surface area contributed by atoms with E-state index in [1.165, 1.54) is 11.1 Å². The number of aromatic nitrogens is 1. The average molecular weight is 334 g/mol. The number of hydrogen-bond donors (Lipinski definition) is 1. The summed E-state index contributed by atoms with van der Waals surface area (Å²) in [5.74, 6) is 1.10. The molecule has 1 heterocycles. The number of rotatable bonds is 5. The van der Waals surface area contributed by atoms with Gasteiger partial charge in [0.2, 0.25) is 5.88 Å². The van der Waals surface area contributed by atoms with Crippen molar-refractivity contribution in [2.75, 3.05) is 7.05 Å². The van der Waals surface area contributed by atoms with E-state index in [-0.39, 0.29) is 11.7 Å². The molecule has 0 saturated heterocycles. The third-order valence-corrected chi connectivity index (χ3v) is 3.69. The fourth-order valence-corrected chi connectivity index (χ4v) is 2.37. The van der Waals surface area contributed by atoms with Gasteiger partial charge in [-0.25, -0.2) is 4.98 Å². The molecule has 0 bridgehead atoms. The maximum atomic E-state index is 12.5. The summed E-state index contributed by atoms with van der Waals surface area (Å²) in [6.07, 6.45) is 1.49. The SMILES string of the molecule is CN(Cc1ccccc1O)C(=O)c1ccc(Oc2ccccc2)nc1. The number of hydrogen-bond acceptors (Lipinski definition) is 4. The molecule has 1 amide bonds. The highest BCUT2D eigenvalue weighted by Crippen LogP contribution is 2.20. The first-order chi connectivity index (χ1) is 12.1. The lowest BCUT2D eigenvalue weighted by molar-refractivity contribution is 0.0784. The molecule has 0 saturated carbocycles. The Morgan fingerprint density at radius 3 is 2.44 bits per heavy atom. The quantitative estimate of drug-likeness (QED) is 0.770. The molecule has 25 heavy (non-hydrogen) atoms. The van der Waals surface area contributed by atoms with E-state index >= 15 is 0 Å². The largest absolute Gasteiger partial charge is 0.508 e. The van der Waals surface area contributed by atoms with E-state index < -0.39 is 0 Å². The minimum Gasteiger partial charge on any atom is -0.508 e. The van der Waals surface area contributed by atoms with Crippen LogP contribution in [0.2, 0.25) is 0 Å². The number of ether oxygens (including phenoxy) is 1. The predicted molar refractivity (Wildman–Crippen MR) is 94.7 cm³/mol. The molecule has 1 N–H and O–H groups in total. The minimum atomic E-state index is -0.179. The zero-order valence-corrected chi connectivity index (χ0v) is 13.8. The predicted octanol–water partition coefficient (Wildman–Crippen LogP) is 3.85. The summed E-state index contributed by atoms with van der Waals surface area (Å²) >= 11 is 0. The van der Waals surface area contributed by atoms with Gasteiger partial charge in [0.15, 0.2) is 0 Å². The molecule has 3 rings (SSSR count). The Bertz CT molecular complexity index is 848. The van der Waals surface area contributed by atoms with Crippen LogP contribution in [0.5, 0.6) is 17.4 Å². The molecule has 5 heteroatoms. The van der Waals surface area contributed by atoms with Crippen LogP contribution in [0, 0.1) is 0 Å². The van der Waals surface area contributed by atoms with Gasteiger partial charge in [-0.15, -0.1) is 0 Å². The fraction of sp³-hybridized carbons (Fsp3) is 0.100. The maximum absolute atomic E-state index is 12.5. The Morgan fingerprint density at radius 2 is 1.76 bits per heavy atom. The van der Waals surface area contributed by atoms with Gasteiger partial charge in [-0.1, -0.05) is 36.4 Å². The monoisotopic (exact) mass is 334 g/mol. The number of phenols is 1. The molecule has 3 aromatic rings. The summed E-state index contributed by atoms with van der Waals surface area (Å²) in [5, 5.41) is 9.82. The standard InChI is InChI=1S/C20H18N2O3/c1-22(14-16-7-5-6-10-18(16)23)20(24)15-11-12-19(21-13-15)25-17-8-3-2-4-9-17/h2-13,23H,14H2,1H3. The molecule has 5 nitrogen and oxygen atoms in total. The third-order valence-electron chi connectivity index (χ3n) is 3.69. The Hall–Kier alpha value is -3.34. The van der Waals surface area contributed by atoms with Crippen molar-refractivity contribution in [2.24, 2.45) is 0 Å². The van der Waals surface area contributed by atoms with Crippen LogP contribution in [0.25, 0.3) is 0 Å². The molecule has 0 spiro atoms. The normalized spacial score (nSPS) is 10.3. The van der Waals surface area contributed by atoms with Crippen molar-refractivity contribution < 1.29 is 14.6 Å². The van der Waals surface area contributed by atoms with Crippen molar-refractivity contribution in [1.82, 2.24) is 9.88 Å². The number of aromatic hydroxyl groups is 1. The molecule has 0 aliphatic rings. The number of carbonyl (C=O) groups is 1. The summed E-state index contributed by atoms with van der Waals surface area (Å²) in [6.45, 7) is 0.313. The van der Waals surface area contributed by atoms with Crippen LogP contribution in [0.15, 0.2) is 72.9 Å². The summed E-state index contributed by atoms with van der Waals surface area (Å²) < 4.78 is 5.62. The lowest BCUT2D eigenvalue weighted by Gasteiger charge is -2.18. The zero-order valence-electron chi connectivity index (χ0n) is 13.8. The number of carbonyl (C=O) groups excluding carboxylic acids is 1. The Labute approximate surface area is 146 Å². The second-order valence-corrected chi connectivity index (χ2v) is 5.59. The van der Waals surface area contributed by atoms with Gasteiger partial charge in [0.1, 0.15) is 11.5 Å². The van der Waals surface area contributed by atoms with Crippen molar-refractivity contribution in [3.8, 4) is 17.4 Å². The first-order valence-electron chi connectivity index (χ1n) is 7.85. The van der Waals surface area contributed by atoms with Crippen LogP contribution in [-0.2, 0) is 6.54 Å². The van der Waals surface area contributed by atoms with E-state index in [0.717, 1.165) is 0 Å². The van der Waals surface area contributed by atoms with Gasteiger partial charge in [-0.2, -0.15) is 0 Å². The molecule has 0 atom stereocenters. The van der Waals surface area contributed by atoms with Crippen LogP contribution >= 0.6 is 0 Å². The van der Waals surface area contributed by atoms with E-state index in [4.69, 9.17) is 4.74 Å². The van der Waals surface area contributed by atoms with Crippen molar-refractivity contribution in [2.45, 2.75) is 6.54 Å². The number of nitrogens with zero attached hydrogens (tertiary/aromatic N) is 2. The number of pyridine rings is 1. The molecule has 2 aromatic carbocycles. The summed E-state index contributed by atoms with van der Waals surface area (Å²) in [7, 11) is 1.68. The molecule has 1 aromatic heterocycles. The fourth-order valence-electron chi connectivity index (χ4n) is 2.37. The van der Waals surface area contributed by atoms with Crippen LogP contribution in [-0.4, -0.2) is 27.9 Å². The smallest absolute Gasteiger partial charge is 0.255 e. The second kappa shape index (κ2) is 7.49. The number of phenolic OH excluding ortho intramolecular Hbond substituents is 1. The minimum absolute atomic E-state index is 0.173. The molecule has 126 valence electrons. The van der Waals surface area contributed by atoms with Gasteiger partial charge in [-0.05, 0) is 24.3 Å². The van der Waals surface area contributed by atoms with Gasteiger partial charge in [0.25, 0.3) is 5.91 Å². The average Bonchev–Trinajstić information content (AvgIpc) is 2.64. The molecular weight excluding hydrogens is 316 g/mol. The van der Waals surface area contributed by atoms with Crippen molar-refractivity contribution in [1.29, 1.82) is 0 Å². The van der Waals surface area contributed by atoms with E-state index in [1.807, 2.05) is 36.4 Å². The van der Waals surface area contributed by atoms with Gasteiger partial charge in [0, 0.05) is 31.4 Å². The first-order valence-corrected chi connectivity index (χ1v) is 7.85. The van der Waals surface area contributed by atoms with Crippen LogP contribution in [0.1, 0.15) is 15.9 Å². The lowest BCUT2D eigenvalue weighted by Crippen LogP contribution is -2.26. The van der Waals surface area contributed by atoms with Crippen LogP contribution in [0.3, 0.4) is 0 Å². The van der Waals surface area contributed by atoms with Crippen LogP contribution in [0.4, 0.5) is 0 Å². The van der Waals surface area contributed by atoms with Crippen molar-refractivity contribution in [3.05, 3.63) is 84.1 Å². The van der Waals surface area contributed by atoms with Gasteiger partial charge >= 0.3 is 0 Å². The van der Waals surface area contributed by atoms with E-state index in [1.54, 1.807) is 37.4 Å². The topological polar surface area (TPSA) is 62.7 Å². The lowest BCUT2D eigenvalue weighted by atomic mass is 10.1. The van der Waals surface area contributed by atoms with Crippen LogP contribution < -0.4 is 4.74 Å². The van der Waals surface area contributed by atoms with E-state index in [2.05, 4.69) is 4.98 Å². The first kappa shape index (κ1) is 16.5. The number of benzene rings is 2. The highest BCUT2D eigenvalue weighted by atomic mass is 16.5. The van der Waals surface area contributed by atoms with E-state index in [0.29, 0.717) is 29.3 Å². The number of amides is 1. The molecule has 0 aliphatic heterocycles. The Kier molecular flexibility index (Phi) is 4.95. The molecule has 0 radical (unpaired) electrons. The van der Waals surface area contributed by atoms with Gasteiger partial charge in [-0.3, -0.25) is 4.79 Å². The van der Waals surface area contributed by atoms with Crippen molar-refractivity contribution >= 4 is 5.91 Å². The van der Waals surface area contributed by atoms with Crippen molar-refractivity contribution in [3.63, 3.8) is 0 Å². The molecule has 0 aliphatic carbocycles. The Balaban J connectivity index is 1.67. The number of para-hydroxylation sites is 2. The summed E-state index contributed by atoms with van der Waals surface area (Å²) in [5.41, 5.74) is 1.15. The third kappa shape index (κ3) is 4.14. The highest BCUT2D eigenvalue weighted by molar-refractivity contribution is 5.93. The summed E-state index contributed by atoms with van der Waals surface area (Å²) in [6, 6.07) is 19.6. The summed E-state index contributed by atoms with van der Waals surface area (Å²) in [4.78, 5) is 18.2. The van der Waals surface area contributed by atoms with E-state index in [9.17, 15) is 9.90 Å². The zero-order chi connectivity index (χ0) is 17.6. The second-order valence-electron chi connectivity index (χ2n) is 5.59. The van der Waals surface area contributed by atoms with Gasteiger partial charge < -0.3 is 14.7 Å². The molecule has 0 fully saturated rings. The maximum Gasteiger partial charge on any atom is 0.255 e. The highest BCUT2D eigenvalue weighted by Gasteiger charge is 2.14. The Morgan fingerprint density at radius 1 is 1.04 bits per heavy atom. The van der Waals surface area contributed by atoms with Gasteiger partial charge in [0.05, 0.1) is 5.56 Å². The molecule has 0 unspecified atom stereocenters. The molecular formula is C20H18N2O3.